The van der Waals surface area contributed by atoms with Gasteiger partial charge in [-0.05, 0) is 18.4 Å². The minimum absolute atomic E-state index is 0.342. The Morgan fingerprint density at radius 1 is 1.04 bits per heavy atom. The summed E-state index contributed by atoms with van der Waals surface area (Å²) in [5.74, 6) is -4.18. The van der Waals surface area contributed by atoms with Gasteiger partial charge in [0.05, 0.1) is 19.1 Å². The van der Waals surface area contributed by atoms with Crippen molar-refractivity contribution in [2.45, 2.75) is 31.0 Å². The summed E-state index contributed by atoms with van der Waals surface area (Å²) < 4.78 is 0. The molecule has 0 heterocycles. The lowest BCUT2D eigenvalue weighted by atomic mass is 10.1. The molecule has 154 valence electrons. The van der Waals surface area contributed by atoms with Gasteiger partial charge in [-0.3, -0.25) is 24.0 Å². The molecule has 0 bridgehead atoms. The number of amides is 4. The second kappa shape index (κ2) is 12.9. The Morgan fingerprint density at radius 3 is 2.11 bits per heavy atom. The van der Waals surface area contributed by atoms with Gasteiger partial charge in [-0.1, -0.05) is 0 Å². The number of aliphatic hydroxyl groups is 1. The van der Waals surface area contributed by atoms with Gasteiger partial charge in [0.2, 0.25) is 23.6 Å². The van der Waals surface area contributed by atoms with Crippen molar-refractivity contribution in [2.75, 3.05) is 25.2 Å². The summed E-state index contributed by atoms with van der Waals surface area (Å²) in [6.45, 7) is -1.54. The molecule has 0 fully saturated rings. The fourth-order valence-corrected chi connectivity index (χ4v) is 2.31. The number of thioether (sulfide) groups is 1. The van der Waals surface area contributed by atoms with Crippen molar-refractivity contribution in [3.63, 3.8) is 0 Å². The molecule has 0 aliphatic rings. The van der Waals surface area contributed by atoms with Crippen LogP contribution in [0.4, 0.5) is 0 Å². The molecule has 0 radical (unpaired) electrons. The van der Waals surface area contributed by atoms with Crippen molar-refractivity contribution in [2.24, 2.45) is 11.5 Å². The number of carbonyl (C=O) groups is 5. The van der Waals surface area contributed by atoms with Crippen LogP contribution in [0.15, 0.2) is 0 Å². The van der Waals surface area contributed by atoms with Crippen molar-refractivity contribution in [3.8, 4) is 0 Å². The number of rotatable bonds is 13. The Hall–Kier alpha value is -2.38. The van der Waals surface area contributed by atoms with Crippen LogP contribution >= 0.6 is 11.8 Å². The molecule has 12 nitrogen and oxygen atoms in total. The number of hydrogen-bond donors (Lipinski definition) is 7. The van der Waals surface area contributed by atoms with Crippen LogP contribution < -0.4 is 27.4 Å². The number of aliphatic hydroxyl groups excluding tert-OH is 1. The van der Waals surface area contributed by atoms with E-state index < -0.39 is 67.3 Å². The number of carboxylic acid groups (broad SMARTS) is 1. The monoisotopic (exact) mass is 407 g/mol. The molecule has 0 aliphatic carbocycles. The molecular formula is C14H25N5O7S. The van der Waals surface area contributed by atoms with Crippen LogP contribution in [-0.4, -0.2) is 83.1 Å². The number of primary amides is 1. The van der Waals surface area contributed by atoms with Crippen LogP contribution in [0.1, 0.15) is 12.8 Å². The van der Waals surface area contributed by atoms with Crippen LogP contribution in [0, 0.1) is 0 Å². The lowest BCUT2D eigenvalue weighted by Gasteiger charge is -2.22. The van der Waals surface area contributed by atoms with E-state index in [-0.39, 0.29) is 0 Å². The summed E-state index contributed by atoms with van der Waals surface area (Å²) in [6, 6.07) is -3.79. The quantitative estimate of drug-likeness (QED) is 0.159. The first-order valence-corrected chi connectivity index (χ1v) is 9.25. The first-order chi connectivity index (χ1) is 12.6. The average Bonchev–Trinajstić information content (AvgIpc) is 2.60. The highest BCUT2D eigenvalue weighted by atomic mass is 32.2. The molecule has 0 saturated carbocycles. The first-order valence-electron chi connectivity index (χ1n) is 7.86. The van der Waals surface area contributed by atoms with Gasteiger partial charge in [0.1, 0.15) is 18.6 Å². The summed E-state index contributed by atoms with van der Waals surface area (Å²) in [7, 11) is 0. The van der Waals surface area contributed by atoms with E-state index in [0.29, 0.717) is 12.2 Å². The van der Waals surface area contributed by atoms with Crippen molar-refractivity contribution < 1.29 is 34.2 Å². The predicted molar refractivity (Wildman–Crippen MR) is 96.4 cm³/mol. The van der Waals surface area contributed by atoms with Crippen LogP contribution in [0.3, 0.4) is 0 Å². The summed E-state index contributed by atoms with van der Waals surface area (Å²) in [6.07, 6.45) is 1.62. The van der Waals surface area contributed by atoms with E-state index in [4.69, 9.17) is 16.6 Å². The largest absolute Gasteiger partial charge is 0.480 e. The summed E-state index contributed by atoms with van der Waals surface area (Å²) in [5, 5.41) is 24.1. The minimum atomic E-state index is -1.48. The lowest BCUT2D eigenvalue weighted by Crippen LogP contribution is -2.57. The maximum atomic E-state index is 12.3. The summed E-state index contributed by atoms with van der Waals surface area (Å²) in [5.41, 5.74) is 10.8. The number of carbonyl (C=O) groups excluding carboxylic acids is 4. The van der Waals surface area contributed by atoms with E-state index >= 15 is 0 Å². The number of nitrogens with two attached hydrogens (primary N) is 2. The van der Waals surface area contributed by atoms with E-state index in [1.807, 2.05) is 11.6 Å². The lowest BCUT2D eigenvalue weighted by molar-refractivity contribution is -0.139. The van der Waals surface area contributed by atoms with Gasteiger partial charge < -0.3 is 37.6 Å². The van der Waals surface area contributed by atoms with Crippen molar-refractivity contribution in [1.29, 1.82) is 0 Å². The Morgan fingerprint density at radius 2 is 1.63 bits per heavy atom. The Bertz CT molecular complexity index is 560. The summed E-state index contributed by atoms with van der Waals surface area (Å²) in [4.78, 5) is 57.7. The molecule has 0 aromatic carbocycles. The van der Waals surface area contributed by atoms with Crippen LogP contribution in [0.25, 0.3) is 0 Å². The highest BCUT2D eigenvalue weighted by Crippen LogP contribution is 2.01. The molecule has 0 aromatic heterocycles. The second-order valence-corrected chi connectivity index (χ2v) is 6.46. The van der Waals surface area contributed by atoms with E-state index in [0.717, 1.165) is 0 Å². The van der Waals surface area contributed by atoms with Gasteiger partial charge in [-0.25, -0.2) is 0 Å². The Kier molecular flexibility index (Phi) is 11.8. The molecule has 13 heteroatoms. The van der Waals surface area contributed by atoms with Gasteiger partial charge in [-0.15, -0.1) is 0 Å². The molecule has 9 N–H and O–H groups in total. The SMILES string of the molecule is CSCCC(N)C(=O)NC(CC(N)=O)C(=O)NC(CO)C(=O)NCC(=O)O. The van der Waals surface area contributed by atoms with Gasteiger partial charge in [0.25, 0.3) is 0 Å². The molecule has 4 amide bonds. The van der Waals surface area contributed by atoms with Gasteiger partial charge in [-0.2, -0.15) is 11.8 Å². The maximum Gasteiger partial charge on any atom is 0.322 e. The highest BCUT2D eigenvalue weighted by molar-refractivity contribution is 7.98. The van der Waals surface area contributed by atoms with Crippen molar-refractivity contribution in [1.82, 2.24) is 16.0 Å². The third-order valence-corrected chi connectivity index (χ3v) is 3.88. The molecule has 0 spiro atoms. The Labute approximate surface area is 159 Å². The molecule has 3 atom stereocenters. The zero-order valence-electron chi connectivity index (χ0n) is 14.8. The third-order valence-electron chi connectivity index (χ3n) is 3.24. The minimum Gasteiger partial charge on any atom is -0.480 e. The summed E-state index contributed by atoms with van der Waals surface area (Å²) >= 11 is 1.48. The number of aliphatic carboxylic acids is 1. The van der Waals surface area contributed by atoms with E-state index in [9.17, 15) is 29.1 Å². The van der Waals surface area contributed by atoms with Gasteiger partial charge in [0, 0.05) is 0 Å². The topological polar surface area (TPSA) is 214 Å². The molecular weight excluding hydrogens is 382 g/mol. The van der Waals surface area contributed by atoms with E-state index in [1.165, 1.54) is 11.8 Å². The highest BCUT2D eigenvalue weighted by Gasteiger charge is 2.29. The fraction of sp³-hybridized carbons (Fsp3) is 0.643. The van der Waals surface area contributed by atoms with Gasteiger partial charge >= 0.3 is 5.97 Å². The first kappa shape index (κ1) is 24.6. The molecule has 3 unspecified atom stereocenters. The number of nitrogens with one attached hydrogen (secondary N) is 3. The zero-order chi connectivity index (χ0) is 21.0. The maximum absolute atomic E-state index is 12.3. The fourth-order valence-electron chi connectivity index (χ4n) is 1.82. The zero-order valence-corrected chi connectivity index (χ0v) is 15.6. The molecule has 0 aromatic rings. The number of carboxylic acids is 1. The number of hydrogen-bond acceptors (Lipinski definition) is 8. The molecule has 27 heavy (non-hydrogen) atoms. The standard InChI is InChI=1S/C14H25N5O7S/c1-27-3-2-7(15)12(24)18-8(4-10(16)21)14(26)19-9(6-20)13(25)17-5-11(22)23/h7-9,20H,2-6,15H2,1H3,(H2,16,21)(H,17,25)(H,18,24)(H,19,26)(H,22,23). The normalized spacial score (nSPS) is 13.7. The smallest absolute Gasteiger partial charge is 0.322 e. The van der Waals surface area contributed by atoms with Crippen LogP contribution in [0.5, 0.6) is 0 Å². The molecule has 0 aliphatic heterocycles. The molecule has 0 rings (SSSR count). The average molecular weight is 407 g/mol. The third kappa shape index (κ3) is 10.4. The van der Waals surface area contributed by atoms with Crippen LogP contribution in [-0.2, 0) is 24.0 Å². The Balaban J connectivity index is 4.97. The van der Waals surface area contributed by atoms with E-state index in [1.54, 1.807) is 0 Å². The van der Waals surface area contributed by atoms with E-state index in [2.05, 4.69) is 10.6 Å². The predicted octanol–water partition coefficient (Wildman–Crippen LogP) is -3.90. The van der Waals surface area contributed by atoms with Gasteiger partial charge in [0.15, 0.2) is 0 Å². The molecule has 0 saturated heterocycles. The second-order valence-electron chi connectivity index (χ2n) is 5.47. The van der Waals surface area contributed by atoms with Crippen molar-refractivity contribution in [3.05, 3.63) is 0 Å². The van der Waals surface area contributed by atoms with Crippen LogP contribution in [0.2, 0.25) is 0 Å². The van der Waals surface area contributed by atoms with Crippen molar-refractivity contribution >= 4 is 41.4 Å².